The monoisotopic (exact) mass is 446 g/mol. The highest BCUT2D eigenvalue weighted by atomic mass is 32.1. The number of carbonyl (C=O) groups is 2. The van der Waals surface area contributed by atoms with Gasteiger partial charge in [0.25, 0.3) is 0 Å². The molecule has 0 unspecified atom stereocenters. The van der Waals surface area contributed by atoms with Gasteiger partial charge in [-0.3, -0.25) is 0 Å². The van der Waals surface area contributed by atoms with Gasteiger partial charge < -0.3 is 9.47 Å². The first-order valence-corrected chi connectivity index (χ1v) is 10.6. The first-order valence-electron chi connectivity index (χ1n) is 9.75. The smallest absolute Gasteiger partial charge is 0.338 e. The largest absolute Gasteiger partial charge is 0.423 e. The van der Waals surface area contributed by atoms with Gasteiger partial charge in [-0.25, -0.2) is 14.0 Å². The van der Waals surface area contributed by atoms with Crippen LogP contribution in [0, 0.1) is 5.82 Å². The Hall–Kier alpha value is -3.77. The summed E-state index contributed by atoms with van der Waals surface area (Å²) in [5, 5.41) is 1.67. The SMILES string of the molecule is C=C(C)C(=O)Oc1ccc(-c2ccc3c(c2)sc2c(F)c(OC(=O)C(=C)C)ccc23)cc1. The van der Waals surface area contributed by atoms with Crippen molar-refractivity contribution in [2.45, 2.75) is 13.8 Å². The van der Waals surface area contributed by atoms with E-state index in [0.717, 1.165) is 26.6 Å². The summed E-state index contributed by atoms with van der Waals surface area (Å²) in [4.78, 5) is 23.4. The Labute approximate surface area is 188 Å². The third-order valence-corrected chi connectivity index (χ3v) is 6.00. The van der Waals surface area contributed by atoms with E-state index in [1.807, 2.05) is 30.3 Å². The van der Waals surface area contributed by atoms with Crippen molar-refractivity contribution in [1.82, 2.24) is 0 Å². The molecule has 0 radical (unpaired) electrons. The van der Waals surface area contributed by atoms with Gasteiger partial charge in [-0.2, -0.15) is 0 Å². The summed E-state index contributed by atoms with van der Waals surface area (Å²) in [7, 11) is 0. The molecule has 160 valence electrons. The number of rotatable bonds is 5. The maximum atomic E-state index is 15.0. The summed E-state index contributed by atoms with van der Waals surface area (Å²) < 4.78 is 26.7. The van der Waals surface area contributed by atoms with Gasteiger partial charge >= 0.3 is 11.9 Å². The molecule has 0 aliphatic heterocycles. The Balaban J connectivity index is 1.68. The first kappa shape index (κ1) is 21.5. The van der Waals surface area contributed by atoms with Gasteiger partial charge in [0.2, 0.25) is 0 Å². The Morgan fingerprint density at radius 1 is 0.812 bits per heavy atom. The van der Waals surface area contributed by atoms with Crippen LogP contribution in [-0.4, -0.2) is 11.9 Å². The van der Waals surface area contributed by atoms with Crippen molar-refractivity contribution in [3.63, 3.8) is 0 Å². The molecule has 0 amide bonds. The zero-order valence-electron chi connectivity index (χ0n) is 17.5. The van der Waals surface area contributed by atoms with E-state index in [9.17, 15) is 9.59 Å². The van der Waals surface area contributed by atoms with E-state index in [2.05, 4.69) is 13.2 Å². The van der Waals surface area contributed by atoms with Crippen LogP contribution in [0.2, 0.25) is 0 Å². The van der Waals surface area contributed by atoms with Crippen molar-refractivity contribution in [2.75, 3.05) is 0 Å². The molecule has 0 N–H and O–H groups in total. The predicted octanol–water partition coefficient (Wildman–Crippen LogP) is 6.82. The second kappa shape index (κ2) is 8.40. The normalized spacial score (nSPS) is 10.8. The van der Waals surface area contributed by atoms with Crippen LogP contribution in [0.4, 0.5) is 4.39 Å². The highest BCUT2D eigenvalue weighted by Crippen LogP contribution is 2.40. The topological polar surface area (TPSA) is 52.6 Å². The van der Waals surface area contributed by atoms with Gasteiger partial charge in [0.05, 0.1) is 4.70 Å². The molecule has 0 aliphatic carbocycles. The van der Waals surface area contributed by atoms with Gasteiger partial charge in [-0.05, 0) is 55.3 Å². The first-order chi connectivity index (χ1) is 15.2. The lowest BCUT2D eigenvalue weighted by atomic mass is 10.0. The van der Waals surface area contributed by atoms with E-state index >= 15 is 4.39 Å². The van der Waals surface area contributed by atoms with Gasteiger partial charge in [0, 0.05) is 26.6 Å². The van der Waals surface area contributed by atoms with Crippen LogP contribution in [0.3, 0.4) is 0 Å². The maximum absolute atomic E-state index is 15.0. The molecule has 3 aromatic carbocycles. The van der Waals surface area contributed by atoms with Crippen molar-refractivity contribution >= 4 is 43.4 Å². The molecule has 0 spiro atoms. The molecule has 0 saturated carbocycles. The number of esters is 2. The van der Waals surface area contributed by atoms with Crippen LogP contribution < -0.4 is 9.47 Å². The summed E-state index contributed by atoms with van der Waals surface area (Å²) in [5.41, 5.74) is 2.40. The number of benzene rings is 3. The minimum atomic E-state index is -0.663. The fourth-order valence-electron chi connectivity index (χ4n) is 3.14. The maximum Gasteiger partial charge on any atom is 0.338 e. The standard InChI is InChI=1S/C26H19FO4S/c1-14(2)25(28)30-18-8-5-16(6-9-18)17-7-10-19-20-11-12-21(31-26(29)15(3)4)23(27)24(20)32-22(19)13-17/h5-13H,1,3H2,2,4H3. The molecule has 0 bridgehead atoms. The summed E-state index contributed by atoms with van der Waals surface area (Å²) in [6, 6.07) is 16.2. The molecular weight excluding hydrogens is 427 g/mol. The molecular formula is C26H19FO4S. The second-order valence-electron chi connectivity index (χ2n) is 7.43. The molecule has 0 fully saturated rings. The van der Waals surface area contributed by atoms with Crippen molar-refractivity contribution in [3.8, 4) is 22.6 Å². The van der Waals surface area contributed by atoms with Crippen molar-refractivity contribution < 1.29 is 23.5 Å². The average Bonchev–Trinajstić information content (AvgIpc) is 3.14. The van der Waals surface area contributed by atoms with Crippen LogP contribution in [0.1, 0.15) is 13.8 Å². The Morgan fingerprint density at radius 2 is 1.41 bits per heavy atom. The Kier molecular flexibility index (Phi) is 5.63. The number of ether oxygens (including phenoxy) is 2. The molecule has 4 aromatic rings. The zero-order valence-corrected chi connectivity index (χ0v) is 18.3. The van der Waals surface area contributed by atoms with Gasteiger partial charge in [0.1, 0.15) is 5.75 Å². The lowest BCUT2D eigenvalue weighted by Gasteiger charge is -2.06. The fraction of sp³-hybridized carbons (Fsp3) is 0.0769. The van der Waals surface area contributed by atoms with E-state index in [1.54, 1.807) is 25.1 Å². The molecule has 0 saturated heterocycles. The van der Waals surface area contributed by atoms with Gasteiger partial charge in [-0.15, -0.1) is 11.3 Å². The van der Waals surface area contributed by atoms with Gasteiger partial charge in [-0.1, -0.05) is 37.4 Å². The summed E-state index contributed by atoms with van der Waals surface area (Å²) in [6.07, 6.45) is 0. The molecule has 1 heterocycles. The average molecular weight is 446 g/mol. The van der Waals surface area contributed by atoms with Crippen molar-refractivity contribution in [3.05, 3.63) is 84.7 Å². The van der Waals surface area contributed by atoms with E-state index < -0.39 is 17.8 Å². The molecule has 32 heavy (non-hydrogen) atoms. The van der Waals surface area contributed by atoms with Crippen LogP contribution in [0.25, 0.3) is 31.3 Å². The number of halogens is 1. The quantitative estimate of drug-likeness (QED) is 0.192. The second-order valence-corrected chi connectivity index (χ2v) is 8.48. The van der Waals surface area contributed by atoms with Crippen LogP contribution in [0.5, 0.6) is 11.5 Å². The Bertz CT molecular complexity index is 1410. The van der Waals surface area contributed by atoms with Crippen molar-refractivity contribution in [2.24, 2.45) is 0 Å². The zero-order chi connectivity index (χ0) is 23.0. The van der Waals surface area contributed by atoms with Crippen LogP contribution in [-0.2, 0) is 9.59 Å². The number of carbonyl (C=O) groups excluding carboxylic acids is 2. The minimum Gasteiger partial charge on any atom is -0.423 e. The van der Waals surface area contributed by atoms with E-state index in [0.29, 0.717) is 16.0 Å². The third-order valence-electron chi connectivity index (χ3n) is 4.84. The molecule has 6 heteroatoms. The van der Waals surface area contributed by atoms with Crippen LogP contribution in [0.15, 0.2) is 78.9 Å². The van der Waals surface area contributed by atoms with Crippen LogP contribution >= 0.6 is 11.3 Å². The molecule has 1 aromatic heterocycles. The lowest BCUT2D eigenvalue weighted by Crippen LogP contribution is -2.09. The van der Waals surface area contributed by atoms with E-state index in [4.69, 9.17) is 9.47 Å². The summed E-state index contributed by atoms with van der Waals surface area (Å²) in [5.74, 6) is -1.38. The van der Waals surface area contributed by atoms with Gasteiger partial charge in [0.15, 0.2) is 11.6 Å². The molecule has 0 atom stereocenters. The summed E-state index contributed by atoms with van der Waals surface area (Å²) >= 11 is 1.29. The summed E-state index contributed by atoms with van der Waals surface area (Å²) in [6.45, 7) is 10.2. The lowest BCUT2D eigenvalue weighted by molar-refractivity contribution is -0.131. The molecule has 0 aliphatic rings. The number of fused-ring (bicyclic) bond motifs is 3. The van der Waals surface area contributed by atoms with Crippen molar-refractivity contribution in [1.29, 1.82) is 0 Å². The number of thiophene rings is 1. The fourth-order valence-corrected chi connectivity index (χ4v) is 4.32. The third kappa shape index (κ3) is 4.05. The minimum absolute atomic E-state index is 0.114. The number of hydrogen-bond donors (Lipinski definition) is 0. The molecule has 4 nitrogen and oxygen atoms in total. The Morgan fingerprint density at radius 3 is 2.06 bits per heavy atom. The number of hydrogen-bond acceptors (Lipinski definition) is 5. The highest BCUT2D eigenvalue weighted by molar-refractivity contribution is 7.25. The highest BCUT2D eigenvalue weighted by Gasteiger charge is 2.17. The van der Waals surface area contributed by atoms with E-state index in [-0.39, 0.29) is 11.3 Å². The molecule has 4 rings (SSSR count). The predicted molar refractivity (Wildman–Crippen MR) is 126 cm³/mol. The van der Waals surface area contributed by atoms with E-state index in [1.165, 1.54) is 24.3 Å².